The van der Waals surface area contributed by atoms with Crippen LogP contribution in [0.25, 0.3) is 5.52 Å². The normalized spacial score (nSPS) is 27.6. The van der Waals surface area contributed by atoms with Crippen molar-refractivity contribution in [3.63, 3.8) is 0 Å². The van der Waals surface area contributed by atoms with Crippen molar-refractivity contribution in [3.05, 3.63) is 59.5 Å². The van der Waals surface area contributed by atoms with Gasteiger partial charge in [-0.1, -0.05) is 25.1 Å². The Morgan fingerprint density at radius 1 is 1.30 bits per heavy atom. The molecule has 0 bridgehead atoms. The van der Waals surface area contributed by atoms with E-state index in [0.717, 1.165) is 0 Å². The van der Waals surface area contributed by atoms with Crippen LogP contribution in [-0.2, 0) is 44.8 Å². The number of rotatable bonds is 8. The third kappa shape index (κ3) is 4.88. The van der Waals surface area contributed by atoms with E-state index in [-0.39, 0.29) is 43.3 Å². The third-order valence-corrected chi connectivity index (χ3v) is 7.97. The van der Waals surface area contributed by atoms with Crippen LogP contribution in [0.4, 0.5) is 5.82 Å². The first-order chi connectivity index (χ1) is 19.2. The van der Waals surface area contributed by atoms with Crippen LogP contribution in [0.2, 0.25) is 0 Å². The number of ether oxygens (including phenoxy) is 3. The average Bonchev–Trinajstić information content (AvgIpc) is 3.53. The van der Waals surface area contributed by atoms with Crippen molar-refractivity contribution >= 4 is 31.4 Å². The van der Waals surface area contributed by atoms with Gasteiger partial charge in [-0.2, -0.15) is 19.8 Å². The second-order valence-electron chi connectivity index (χ2n) is 8.91. The molecule has 1 unspecified atom stereocenters. The van der Waals surface area contributed by atoms with Gasteiger partial charge in [-0.05, 0) is 30.7 Å². The number of fused-ring (bicyclic) bond motifs is 2. The highest BCUT2D eigenvalue weighted by Gasteiger charge is 2.69. The summed E-state index contributed by atoms with van der Waals surface area (Å²) in [6.07, 6.45) is -2.18. The van der Waals surface area contributed by atoms with E-state index < -0.39 is 44.0 Å². The van der Waals surface area contributed by atoms with E-state index in [4.69, 9.17) is 33.5 Å². The third-order valence-electron chi connectivity index (χ3n) is 6.53. The Hall–Kier alpha value is -3.70. The van der Waals surface area contributed by atoms with Gasteiger partial charge >= 0.3 is 20.1 Å². The second kappa shape index (κ2) is 11.1. The lowest BCUT2D eigenvalue weighted by Gasteiger charge is -2.29. The van der Waals surface area contributed by atoms with Gasteiger partial charge in [0.15, 0.2) is 18.0 Å². The molecule has 2 fully saturated rings. The Labute approximate surface area is 229 Å². The largest absolute Gasteiger partial charge is 0.573 e. The highest BCUT2D eigenvalue weighted by Crippen LogP contribution is 2.65. The zero-order chi connectivity index (χ0) is 28.5. The van der Waals surface area contributed by atoms with Gasteiger partial charge in [-0.15, -0.1) is 9.05 Å². The summed E-state index contributed by atoms with van der Waals surface area (Å²) in [5.41, 5.74) is 5.39. The van der Waals surface area contributed by atoms with Crippen LogP contribution in [0, 0.1) is 11.3 Å². The Morgan fingerprint density at radius 3 is 2.85 bits per heavy atom. The smallest absolute Gasteiger partial charge is 0.462 e. The fraction of sp³-hybridized carbons (Fsp3) is 0.400. The molecule has 0 amide bonds. The van der Waals surface area contributed by atoms with Gasteiger partial charge in [-0.25, -0.2) is 14.3 Å². The molecule has 2 aromatic heterocycles. The summed E-state index contributed by atoms with van der Waals surface area (Å²) in [5.74, 6) is -0.996. The zero-order valence-corrected chi connectivity index (χ0v) is 22.5. The number of nitriles is 1. The quantitative estimate of drug-likeness (QED) is 0.295. The first-order valence-corrected chi connectivity index (χ1v) is 14.0. The van der Waals surface area contributed by atoms with Gasteiger partial charge in [0.1, 0.15) is 37.2 Å². The molecule has 3 aromatic rings. The fourth-order valence-electron chi connectivity index (χ4n) is 4.64. The Bertz CT molecular complexity index is 1480. The summed E-state index contributed by atoms with van der Waals surface area (Å²) in [7, 11) is -4.04. The molecule has 15 heteroatoms. The van der Waals surface area contributed by atoms with Crippen LogP contribution >= 0.6 is 8.17 Å². The van der Waals surface area contributed by atoms with Crippen LogP contribution in [0.3, 0.4) is 0 Å². The number of carbonyl (C=O) groups excluding carboxylic acids is 2. The van der Waals surface area contributed by atoms with Crippen molar-refractivity contribution < 1.29 is 42.3 Å². The maximum Gasteiger partial charge on any atom is 0.573 e. The molecular formula is C25H27N5O9P+. The minimum atomic E-state index is -4.04. The first-order valence-electron chi connectivity index (χ1n) is 12.5. The maximum atomic E-state index is 12.5. The van der Waals surface area contributed by atoms with E-state index in [9.17, 15) is 19.7 Å². The zero-order valence-electron chi connectivity index (χ0n) is 21.6. The van der Waals surface area contributed by atoms with E-state index in [0.29, 0.717) is 11.1 Å². The highest BCUT2D eigenvalue weighted by molar-refractivity contribution is 7.55. The molecule has 2 aliphatic rings. The van der Waals surface area contributed by atoms with E-state index >= 15 is 0 Å². The standard InChI is InChI=1S/C25H27N5O9P/c1-3-20(31)37-22-21-18(38-25(22,13-26)19-10-9-17-23(27)28-14-29-30(17)19)12-36-40(33,39-21)35-11-15-7-5-6-8-16(15)24(32)34-4-2/h5-10,14,18,21-22,33H,3-4,11-12H2,1-2H3,(H2,27,28,29)/q+1/t18-,21-,22-,25+,40?/m1/s1. The summed E-state index contributed by atoms with van der Waals surface area (Å²) < 4.78 is 35.5. The number of nitrogen functional groups attached to an aromatic ring is 1. The van der Waals surface area contributed by atoms with Gasteiger partial charge in [0.25, 0.3) is 0 Å². The molecule has 1 aromatic carbocycles. The molecule has 0 saturated carbocycles. The number of hydrogen-bond acceptors (Lipinski definition) is 13. The summed E-state index contributed by atoms with van der Waals surface area (Å²) in [5, 5.41) is 14.6. The van der Waals surface area contributed by atoms with E-state index in [1.165, 1.54) is 10.8 Å². The Morgan fingerprint density at radius 2 is 2.10 bits per heavy atom. The molecular weight excluding hydrogens is 545 g/mol. The number of anilines is 1. The lowest BCUT2D eigenvalue weighted by atomic mass is 9.92. The van der Waals surface area contributed by atoms with Crippen molar-refractivity contribution in [1.29, 1.82) is 5.26 Å². The number of carbonyl (C=O) groups is 2. The van der Waals surface area contributed by atoms with Crippen LogP contribution in [0.5, 0.6) is 0 Å². The summed E-state index contributed by atoms with van der Waals surface area (Å²) in [6.45, 7) is 2.99. The minimum Gasteiger partial charge on any atom is -0.462 e. The predicted molar refractivity (Wildman–Crippen MR) is 137 cm³/mol. The Balaban J connectivity index is 1.45. The van der Waals surface area contributed by atoms with E-state index in [1.54, 1.807) is 50.2 Å². The maximum absolute atomic E-state index is 12.5. The van der Waals surface area contributed by atoms with Gasteiger partial charge in [-0.3, -0.25) is 4.79 Å². The number of hydrogen-bond donors (Lipinski definition) is 2. The monoisotopic (exact) mass is 572 g/mol. The molecule has 2 aliphatic heterocycles. The first kappa shape index (κ1) is 27.9. The lowest BCUT2D eigenvalue weighted by molar-refractivity contribution is -0.159. The summed E-state index contributed by atoms with van der Waals surface area (Å²) >= 11 is 0. The molecule has 14 nitrogen and oxygen atoms in total. The molecule has 210 valence electrons. The molecule has 40 heavy (non-hydrogen) atoms. The Kier molecular flexibility index (Phi) is 7.70. The fourth-order valence-corrected chi connectivity index (χ4v) is 6.03. The van der Waals surface area contributed by atoms with Gasteiger partial charge < -0.3 is 19.9 Å². The highest BCUT2D eigenvalue weighted by atomic mass is 31.2. The molecule has 5 rings (SSSR count). The summed E-state index contributed by atoms with van der Waals surface area (Å²) in [6, 6.07) is 11.9. The van der Waals surface area contributed by atoms with E-state index in [1.807, 2.05) is 0 Å². The van der Waals surface area contributed by atoms with Gasteiger partial charge in [0.2, 0.25) is 5.60 Å². The molecule has 0 radical (unpaired) electrons. The van der Waals surface area contributed by atoms with Crippen molar-refractivity contribution in [2.45, 2.75) is 50.8 Å². The summed E-state index contributed by atoms with van der Waals surface area (Å²) in [4.78, 5) is 40.0. The lowest BCUT2D eigenvalue weighted by Crippen LogP contribution is -2.46. The van der Waals surface area contributed by atoms with Crippen molar-refractivity contribution in [1.82, 2.24) is 14.6 Å². The SMILES string of the molecule is CCOC(=O)c1ccccc1CO[P+]1(O)OC[C@H]2O[C@@](C#N)(c3ccc4c(N)ncnn34)[C@H](OC(=O)CC)[C@@H]2O1. The topological polar surface area (TPSA) is 190 Å². The van der Waals surface area contributed by atoms with Crippen LogP contribution in [0.1, 0.15) is 41.9 Å². The van der Waals surface area contributed by atoms with Gasteiger partial charge in [0.05, 0.1) is 17.9 Å². The number of benzene rings is 1. The molecule has 4 heterocycles. The van der Waals surface area contributed by atoms with Crippen molar-refractivity contribution in [3.8, 4) is 6.07 Å². The minimum absolute atomic E-state index is 0.0104. The molecule has 5 atom stereocenters. The number of esters is 2. The molecule has 2 saturated heterocycles. The van der Waals surface area contributed by atoms with E-state index in [2.05, 4.69) is 16.2 Å². The van der Waals surface area contributed by atoms with Crippen LogP contribution in [-0.4, -0.2) is 63.0 Å². The van der Waals surface area contributed by atoms with Crippen LogP contribution in [0.15, 0.2) is 42.7 Å². The molecule has 3 N–H and O–H groups in total. The molecule has 0 aliphatic carbocycles. The molecule has 0 spiro atoms. The predicted octanol–water partition coefficient (Wildman–Crippen LogP) is 2.23. The second-order valence-corrected chi connectivity index (χ2v) is 10.6. The number of aromatic nitrogens is 3. The van der Waals surface area contributed by atoms with Crippen molar-refractivity contribution in [2.24, 2.45) is 0 Å². The van der Waals surface area contributed by atoms with Crippen LogP contribution < -0.4 is 5.73 Å². The van der Waals surface area contributed by atoms with Crippen molar-refractivity contribution in [2.75, 3.05) is 18.9 Å². The number of nitrogens with zero attached hydrogens (tertiary/aromatic N) is 4. The number of nitrogens with two attached hydrogens (primary N) is 1. The van der Waals surface area contributed by atoms with Gasteiger partial charge in [0, 0.05) is 6.42 Å². The average molecular weight is 572 g/mol.